The molecule has 1 fully saturated rings. The molecule has 5 nitrogen and oxygen atoms in total. The Hall–Kier alpha value is -3.83. The highest BCUT2D eigenvalue weighted by molar-refractivity contribution is 5.91. The Kier molecular flexibility index (Phi) is 5.11. The fourth-order valence-electron chi connectivity index (χ4n) is 7.80. The third kappa shape index (κ3) is 2.77. The van der Waals surface area contributed by atoms with E-state index in [4.69, 9.17) is 14.2 Å². The molecule has 4 aromatic rings. The van der Waals surface area contributed by atoms with Crippen molar-refractivity contribution < 1.29 is 19.0 Å². The van der Waals surface area contributed by atoms with E-state index in [1.54, 1.807) is 14.2 Å². The molecule has 1 heterocycles. The number of rotatable bonds is 5. The van der Waals surface area contributed by atoms with Crippen LogP contribution in [0.25, 0.3) is 10.8 Å². The Bertz CT molecular complexity index is 1530. The molecule has 38 heavy (non-hydrogen) atoms. The first-order chi connectivity index (χ1) is 18.5. The molecule has 0 aromatic heterocycles. The molecule has 2 bridgehead atoms. The highest BCUT2D eigenvalue weighted by Crippen LogP contribution is 2.66. The normalized spacial score (nSPS) is 27.6. The number of carbonyl (C=O) groups is 1. The van der Waals surface area contributed by atoms with Gasteiger partial charge in [0, 0.05) is 31.4 Å². The smallest absolute Gasteiger partial charge is 0.230 e. The van der Waals surface area contributed by atoms with Crippen LogP contribution in [0, 0.1) is 11.8 Å². The first-order valence-electron chi connectivity index (χ1n) is 13.2. The lowest BCUT2D eigenvalue weighted by molar-refractivity contribution is -0.136. The molecule has 1 unspecified atom stereocenters. The lowest BCUT2D eigenvalue weighted by Crippen LogP contribution is -2.59. The molecule has 1 amide bonds. The van der Waals surface area contributed by atoms with Crippen LogP contribution >= 0.6 is 0 Å². The van der Waals surface area contributed by atoms with Crippen LogP contribution in [0.1, 0.15) is 35.1 Å². The van der Waals surface area contributed by atoms with Crippen molar-refractivity contribution in [3.63, 3.8) is 0 Å². The van der Waals surface area contributed by atoms with E-state index in [-0.39, 0.29) is 29.8 Å². The summed E-state index contributed by atoms with van der Waals surface area (Å²) in [7, 11) is 5.29. The van der Waals surface area contributed by atoms with Crippen molar-refractivity contribution in [2.75, 3.05) is 21.3 Å². The monoisotopic (exact) mass is 505 g/mol. The first-order valence-corrected chi connectivity index (χ1v) is 13.2. The SMILES string of the molecule is COc1ccc2ccccc2c1O[C@H]1[C@@H]2C3c4ccccc4C(C(C)OC)(c4ccccc43)[C@@H]2C(=O)N1C. The van der Waals surface area contributed by atoms with Crippen LogP contribution in [0.5, 0.6) is 11.5 Å². The second-order valence-corrected chi connectivity index (χ2v) is 10.7. The van der Waals surface area contributed by atoms with E-state index in [9.17, 15) is 4.79 Å². The zero-order valence-corrected chi connectivity index (χ0v) is 22.0. The van der Waals surface area contributed by atoms with Crippen molar-refractivity contribution >= 4 is 16.7 Å². The summed E-state index contributed by atoms with van der Waals surface area (Å²) in [5, 5.41) is 2.04. The van der Waals surface area contributed by atoms with E-state index in [0.29, 0.717) is 11.5 Å². The maximum Gasteiger partial charge on any atom is 0.230 e. The fourth-order valence-corrected chi connectivity index (χ4v) is 7.80. The van der Waals surface area contributed by atoms with Crippen molar-refractivity contribution in [3.8, 4) is 11.5 Å². The third-order valence-electron chi connectivity index (χ3n) is 9.36. The largest absolute Gasteiger partial charge is 0.493 e. The number of carbonyl (C=O) groups excluding carboxylic acids is 1. The Morgan fingerprint density at radius 3 is 2.13 bits per heavy atom. The average Bonchev–Trinajstić information content (AvgIpc) is 3.22. The van der Waals surface area contributed by atoms with Gasteiger partial charge in [-0.15, -0.1) is 0 Å². The van der Waals surface area contributed by atoms with E-state index in [1.807, 2.05) is 42.3 Å². The number of methoxy groups -OCH3 is 2. The van der Waals surface area contributed by atoms with Crippen LogP contribution in [0.15, 0.2) is 84.9 Å². The zero-order valence-electron chi connectivity index (χ0n) is 22.0. The van der Waals surface area contributed by atoms with Gasteiger partial charge in [-0.05, 0) is 40.6 Å². The Balaban J connectivity index is 1.48. The molecule has 0 radical (unpaired) electrons. The number of likely N-dealkylation sites (tertiary alicyclic amines) is 1. The van der Waals surface area contributed by atoms with E-state index in [1.165, 1.54) is 22.3 Å². The Morgan fingerprint density at radius 1 is 0.842 bits per heavy atom. The van der Waals surface area contributed by atoms with E-state index < -0.39 is 11.6 Å². The third-order valence-corrected chi connectivity index (χ3v) is 9.36. The number of fused-ring (bicyclic) bond motifs is 1. The van der Waals surface area contributed by atoms with Crippen molar-refractivity contribution in [2.24, 2.45) is 11.8 Å². The minimum absolute atomic E-state index is 0.0261. The molecule has 0 saturated carbocycles. The van der Waals surface area contributed by atoms with Gasteiger partial charge in [0.1, 0.15) is 0 Å². The maximum atomic E-state index is 14.4. The summed E-state index contributed by atoms with van der Waals surface area (Å²) in [6.45, 7) is 2.10. The summed E-state index contributed by atoms with van der Waals surface area (Å²) in [4.78, 5) is 16.2. The van der Waals surface area contributed by atoms with Gasteiger partial charge in [-0.2, -0.15) is 0 Å². The van der Waals surface area contributed by atoms with Crippen LogP contribution in [0.3, 0.4) is 0 Å². The summed E-state index contributed by atoms with van der Waals surface area (Å²) < 4.78 is 18.8. The van der Waals surface area contributed by atoms with Crippen LogP contribution < -0.4 is 9.47 Å². The molecule has 0 spiro atoms. The number of hydrogen-bond donors (Lipinski definition) is 0. The molecular formula is C33H31NO4. The van der Waals surface area contributed by atoms with E-state index >= 15 is 0 Å². The molecular weight excluding hydrogens is 474 g/mol. The summed E-state index contributed by atoms with van der Waals surface area (Å²) in [5.74, 6) is 1.04. The predicted molar refractivity (Wildman–Crippen MR) is 147 cm³/mol. The van der Waals surface area contributed by atoms with Crippen molar-refractivity contribution in [1.29, 1.82) is 0 Å². The van der Waals surface area contributed by atoms with Crippen LogP contribution in [0.4, 0.5) is 0 Å². The minimum Gasteiger partial charge on any atom is -0.493 e. The fraction of sp³-hybridized carbons (Fsp3) is 0.303. The highest BCUT2D eigenvalue weighted by atomic mass is 16.5. The van der Waals surface area contributed by atoms with Gasteiger partial charge in [0.15, 0.2) is 17.7 Å². The molecule has 0 N–H and O–H groups in total. The lowest BCUT2D eigenvalue weighted by atomic mass is 9.45. The number of benzene rings is 4. The minimum atomic E-state index is -0.617. The molecule has 4 aromatic carbocycles. The molecule has 1 saturated heterocycles. The number of amides is 1. The van der Waals surface area contributed by atoms with Gasteiger partial charge >= 0.3 is 0 Å². The van der Waals surface area contributed by atoms with Gasteiger partial charge in [-0.1, -0.05) is 78.9 Å². The predicted octanol–water partition coefficient (Wildman–Crippen LogP) is 5.74. The first kappa shape index (κ1) is 23.3. The van der Waals surface area contributed by atoms with Gasteiger partial charge in [-0.25, -0.2) is 0 Å². The summed E-state index contributed by atoms with van der Waals surface area (Å²) >= 11 is 0. The quantitative estimate of drug-likeness (QED) is 0.347. The summed E-state index contributed by atoms with van der Waals surface area (Å²) in [5.41, 5.74) is 4.30. The standard InChI is InChI=1S/C33H31NO4/c1-19(36-3)33-24-15-9-7-13-22(24)27(23-14-8-10-16-25(23)33)28-29(33)31(35)34(2)32(28)38-30-21-12-6-5-11-20(21)17-18-26(30)37-4/h5-19,27-29,32H,1-4H3/t19?,27?,28-,29+,32+,33?/m1/s1. The molecule has 1 aliphatic heterocycles. The van der Waals surface area contributed by atoms with Gasteiger partial charge in [-0.3, -0.25) is 4.79 Å². The number of ether oxygens (including phenoxy) is 3. The number of hydrogen-bond acceptors (Lipinski definition) is 4. The Morgan fingerprint density at radius 2 is 1.47 bits per heavy atom. The Labute approximate surface area is 222 Å². The molecule has 8 rings (SSSR count). The average molecular weight is 506 g/mol. The van der Waals surface area contributed by atoms with Crippen molar-refractivity contribution in [1.82, 2.24) is 4.90 Å². The van der Waals surface area contributed by atoms with Gasteiger partial charge < -0.3 is 19.1 Å². The van der Waals surface area contributed by atoms with Crippen LogP contribution in [0.2, 0.25) is 0 Å². The lowest BCUT2D eigenvalue weighted by Gasteiger charge is -2.57. The van der Waals surface area contributed by atoms with E-state index in [0.717, 1.165) is 10.8 Å². The summed E-state index contributed by atoms with van der Waals surface area (Å²) in [6, 6.07) is 29.3. The van der Waals surface area contributed by atoms with Gasteiger partial charge in [0.05, 0.1) is 24.5 Å². The molecule has 3 aliphatic carbocycles. The van der Waals surface area contributed by atoms with Crippen molar-refractivity contribution in [3.05, 3.63) is 107 Å². The van der Waals surface area contributed by atoms with Crippen molar-refractivity contribution in [2.45, 2.75) is 30.6 Å². The second-order valence-electron chi connectivity index (χ2n) is 10.7. The second kappa shape index (κ2) is 8.34. The molecule has 4 aliphatic rings. The topological polar surface area (TPSA) is 48.0 Å². The van der Waals surface area contributed by atoms with Gasteiger partial charge in [0.25, 0.3) is 0 Å². The van der Waals surface area contributed by atoms with E-state index in [2.05, 4.69) is 61.5 Å². The maximum absolute atomic E-state index is 14.4. The summed E-state index contributed by atoms with van der Waals surface area (Å²) in [6.07, 6.45) is -0.691. The van der Waals surface area contributed by atoms with Gasteiger partial charge in [0.2, 0.25) is 5.91 Å². The van der Waals surface area contributed by atoms with Crippen LogP contribution in [-0.2, 0) is 14.9 Å². The number of nitrogens with zero attached hydrogens (tertiary/aromatic N) is 1. The molecule has 5 heteroatoms. The molecule has 4 atom stereocenters. The van der Waals surface area contributed by atoms with Crippen LogP contribution in [-0.4, -0.2) is 44.4 Å². The zero-order chi connectivity index (χ0) is 26.2. The molecule has 192 valence electrons. The highest BCUT2D eigenvalue weighted by Gasteiger charge is 2.69.